The van der Waals surface area contributed by atoms with Crippen molar-refractivity contribution >= 4 is 0 Å². The quantitative estimate of drug-likeness (QED) is 0.743. The summed E-state index contributed by atoms with van der Waals surface area (Å²) < 4.78 is 0. The number of hydrogen-bond donors (Lipinski definition) is 2. The van der Waals surface area contributed by atoms with Gasteiger partial charge in [0.2, 0.25) is 0 Å². The summed E-state index contributed by atoms with van der Waals surface area (Å²) in [5.74, 6) is 0. The lowest BCUT2D eigenvalue weighted by Gasteiger charge is -2.25. The van der Waals surface area contributed by atoms with Crippen molar-refractivity contribution in [1.29, 1.82) is 0 Å². The molecule has 1 aromatic rings. The lowest BCUT2D eigenvalue weighted by atomic mass is 9.92. The number of benzene rings is 1. The van der Waals surface area contributed by atoms with E-state index in [1.807, 2.05) is 6.92 Å². The van der Waals surface area contributed by atoms with Gasteiger partial charge in [-0.2, -0.15) is 0 Å². The summed E-state index contributed by atoms with van der Waals surface area (Å²) in [4.78, 5) is 0. The van der Waals surface area contributed by atoms with Gasteiger partial charge < -0.3 is 10.4 Å². The highest BCUT2D eigenvalue weighted by Gasteiger charge is 2.21. The predicted octanol–water partition coefficient (Wildman–Crippen LogP) is 2.60. The van der Waals surface area contributed by atoms with Gasteiger partial charge in [-0.05, 0) is 44.9 Å². The van der Waals surface area contributed by atoms with Gasteiger partial charge in [-0.25, -0.2) is 0 Å². The van der Waals surface area contributed by atoms with Crippen molar-refractivity contribution in [2.24, 2.45) is 0 Å². The molecule has 0 spiro atoms. The van der Waals surface area contributed by atoms with Crippen LogP contribution in [0.2, 0.25) is 0 Å². The molecule has 0 aliphatic carbocycles. The van der Waals surface area contributed by atoms with Crippen molar-refractivity contribution < 1.29 is 5.11 Å². The van der Waals surface area contributed by atoms with E-state index in [1.165, 1.54) is 16.7 Å². The van der Waals surface area contributed by atoms with Crippen LogP contribution >= 0.6 is 0 Å². The van der Waals surface area contributed by atoms with Crippen LogP contribution in [0.1, 0.15) is 37.0 Å². The highest BCUT2D eigenvalue weighted by atomic mass is 16.3. The molecule has 0 amide bonds. The van der Waals surface area contributed by atoms with Gasteiger partial charge in [0.25, 0.3) is 0 Å². The summed E-state index contributed by atoms with van der Waals surface area (Å²) in [5.41, 5.74) is 3.08. The molecule has 0 bridgehead atoms. The van der Waals surface area contributed by atoms with Crippen molar-refractivity contribution in [3.05, 3.63) is 34.9 Å². The fourth-order valence-electron chi connectivity index (χ4n) is 2.00. The largest absolute Gasteiger partial charge is 0.389 e. The molecule has 0 saturated heterocycles. The lowest BCUT2D eigenvalue weighted by molar-refractivity contribution is 0.0602. The van der Waals surface area contributed by atoms with E-state index in [-0.39, 0.29) is 0 Å². The van der Waals surface area contributed by atoms with Crippen LogP contribution in [0.3, 0.4) is 0 Å². The van der Waals surface area contributed by atoms with Gasteiger partial charge in [-0.15, -0.1) is 0 Å². The minimum Gasteiger partial charge on any atom is -0.389 e. The first-order valence-corrected chi connectivity index (χ1v) is 6.44. The van der Waals surface area contributed by atoms with Crippen molar-refractivity contribution in [1.82, 2.24) is 5.32 Å². The Balaban J connectivity index is 2.65. The van der Waals surface area contributed by atoms with Gasteiger partial charge in [-0.3, -0.25) is 0 Å². The smallest absolute Gasteiger partial charge is 0.0783 e. The van der Waals surface area contributed by atoms with Crippen molar-refractivity contribution in [3.63, 3.8) is 0 Å². The molecule has 0 fully saturated rings. The normalized spacial score (nSPS) is 14.6. The van der Waals surface area contributed by atoms with E-state index in [2.05, 4.69) is 44.3 Å². The lowest BCUT2D eigenvalue weighted by Crippen LogP contribution is -2.40. The van der Waals surface area contributed by atoms with Crippen LogP contribution in [0.25, 0.3) is 0 Å². The Morgan fingerprint density at radius 2 is 2.00 bits per heavy atom. The van der Waals surface area contributed by atoms with E-state index >= 15 is 0 Å². The highest BCUT2D eigenvalue weighted by Crippen LogP contribution is 2.17. The van der Waals surface area contributed by atoms with Gasteiger partial charge in [0, 0.05) is 13.0 Å². The van der Waals surface area contributed by atoms with Crippen LogP contribution < -0.4 is 5.32 Å². The van der Waals surface area contributed by atoms with E-state index in [0.717, 1.165) is 13.0 Å². The fourth-order valence-corrected chi connectivity index (χ4v) is 2.00. The summed E-state index contributed by atoms with van der Waals surface area (Å²) in [5, 5.41) is 13.6. The molecular weight excluding hydrogens is 210 g/mol. The van der Waals surface area contributed by atoms with Gasteiger partial charge in [0.1, 0.15) is 0 Å². The monoisotopic (exact) mass is 235 g/mol. The third-order valence-electron chi connectivity index (χ3n) is 3.01. The molecule has 0 aromatic heterocycles. The molecule has 2 N–H and O–H groups in total. The van der Waals surface area contributed by atoms with Crippen LogP contribution in [0.5, 0.6) is 0 Å². The van der Waals surface area contributed by atoms with Crippen LogP contribution in [0, 0.1) is 13.8 Å². The molecule has 0 heterocycles. The van der Waals surface area contributed by atoms with Gasteiger partial charge in [-0.1, -0.05) is 30.7 Å². The molecule has 0 saturated carbocycles. The predicted molar refractivity (Wildman–Crippen MR) is 73.4 cm³/mol. The Kier molecular flexibility index (Phi) is 5.16. The Morgan fingerprint density at radius 3 is 2.65 bits per heavy atom. The van der Waals surface area contributed by atoms with E-state index in [1.54, 1.807) is 0 Å². The zero-order valence-corrected chi connectivity index (χ0v) is 11.5. The second-order valence-electron chi connectivity index (χ2n) is 5.28. The maximum Gasteiger partial charge on any atom is 0.0783 e. The Morgan fingerprint density at radius 1 is 1.29 bits per heavy atom. The molecule has 0 aliphatic heterocycles. The zero-order valence-electron chi connectivity index (χ0n) is 11.5. The number of nitrogens with one attached hydrogen (secondary N) is 1. The third kappa shape index (κ3) is 4.88. The molecule has 1 aromatic carbocycles. The summed E-state index contributed by atoms with van der Waals surface area (Å²) in [6.07, 6.45) is 1.80. The third-order valence-corrected chi connectivity index (χ3v) is 3.01. The molecule has 2 nitrogen and oxygen atoms in total. The standard InChI is InChI=1S/C15H25NO/c1-5-8-16-11-15(4,17)10-14-9-12(2)6-7-13(14)3/h6-7,9,16-17H,5,8,10-11H2,1-4H3. The van der Waals surface area contributed by atoms with Crippen LogP contribution in [-0.2, 0) is 6.42 Å². The number of aliphatic hydroxyl groups is 1. The fraction of sp³-hybridized carbons (Fsp3) is 0.600. The summed E-state index contributed by atoms with van der Waals surface area (Å²) in [6, 6.07) is 6.41. The molecule has 1 atom stereocenters. The van der Waals surface area contributed by atoms with Crippen molar-refractivity contribution in [2.75, 3.05) is 13.1 Å². The zero-order chi connectivity index (χ0) is 12.9. The minimum atomic E-state index is -0.673. The van der Waals surface area contributed by atoms with Gasteiger partial charge in [0.15, 0.2) is 0 Å². The van der Waals surface area contributed by atoms with Crippen LogP contribution in [-0.4, -0.2) is 23.8 Å². The Hall–Kier alpha value is -0.860. The molecule has 2 heteroatoms. The summed E-state index contributed by atoms with van der Waals surface area (Å²) in [7, 11) is 0. The summed E-state index contributed by atoms with van der Waals surface area (Å²) in [6.45, 7) is 9.83. The number of aryl methyl sites for hydroxylation is 2. The average Bonchev–Trinajstić information content (AvgIpc) is 2.23. The van der Waals surface area contributed by atoms with E-state index in [0.29, 0.717) is 13.0 Å². The molecule has 1 unspecified atom stereocenters. The topological polar surface area (TPSA) is 32.3 Å². The average molecular weight is 235 g/mol. The second-order valence-corrected chi connectivity index (χ2v) is 5.28. The molecular formula is C15H25NO. The van der Waals surface area contributed by atoms with Crippen molar-refractivity contribution in [2.45, 2.75) is 46.1 Å². The first-order valence-electron chi connectivity index (χ1n) is 6.44. The van der Waals surface area contributed by atoms with Gasteiger partial charge in [0.05, 0.1) is 5.60 Å². The van der Waals surface area contributed by atoms with Crippen molar-refractivity contribution in [3.8, 4) is 0 Å². The Labute approximate surface area is 105 Å². The molecule has 1 rings (SSSR count). The summed E-state index contributed by atoms with van der Waals surface area (Å²) >= 11 is 0. The Bertz CT molecular complexity index is 358. The maximum atomic E-state index is 10.3. The number of hydrogen-bond acceptors (Lipinski definition) is 2. The molecule has 0 radical (unpaired) electrons. The molecule has 0 aliphatic rings. The first-order chi connectivity index (χ1) is 7.94. The number of rotatable bonds is 6. The van der Waals surface area contributed by atoms with E-state index in [4.69, 9.17) is 0 Å². The van der Waals surface area contributed by atoms with E-state index < -0.39 is 5.60 Å². The molecule has 17 heavy (non-hydrogen) atoms. The first kappa shape index (κ1) is 14.2. The highest BCUT2D eigenvalue weighted by molar-refractivity contribution is 5.31. The van der Waals surface area contributed by atoms with Crippen LogP contribution in [0.15, 0.2) is 18.2 Å². The van der Waals surface area contributed by atoms with Crippen LogP contribution in [0.4, 0.5) is 0 Å². The second kappa shape index (κ2) is 6.18. The minimum absolute atomic E-state index is 0.647. The van der Waals surface area contributed by atoms with Gasteiger partial charge >= 0.3 is 0 Å². The van der Waals surface area contributed by atoms with E-state index in [9.17, 15) is 5.11 Å². The molecule has 96 valence electrons. The maximum absolute atomic E-state index is 10.3. The SMILES string of the molecule is CCCNCC(C)(O)Cc1cc(C)ccc1C.